The van der Waals surface area contributed by atoms with Crippen LogP contribution in [0.2, 0.25) is 0 Å². The van der Waals surface area contributed by atoms with E-state index in [-0.39, 0.29) is 12.1 Å². The van der Waals surface area contributed by atoms with Gasteiger partial charge in [-0.1, -0.05) is 18.2 Å². The zero-order valence-electron chi connectivity index (χ0n) is 15.9. The summed E-state index contributed by atoms with van der Waals surface area (Å²) in [6, 6.07) is 9.62. The molecule has 6 heteroatoms. The Kier molecular flexibility index (Phi) is 4.56. The summed E-state index contributed by atoms with van der Waals surface area (Å²) in [5, 5.41) is 3.07. The summed E-state index contributed by atoms with van der Waals surface area (Å²) in [6.07, 6.45) is 0. The second-order valence-electron chi connectivity index (χ2n) is 7.07. The van der Waals surface area contributed by atoms with Gasteiger partial charge >= 0.3 is 6.03 Å². The molecule has 0 saturated heterocycles. The summed E-state index contributed by atoms with van der Waals surface area (Å²) in [5.41, 5.74) is 4.36. The third-order valence-corrected chi connectivity index (χ3v) is 5.15. The first kappa shape index (κ1) is 17.5. The first-order chi connectivity index (χ1) is 13.0. The molecule has 27 heavy (non-hydrogen) atoms. The van der Waals surface area contributed by atoms with Crippen LogP contribution < -0.4 is 19.5 Å². The van der Waals surface area contributed by atoms with Crippen molar-refractivity contribution in [2.45, 2.75) is 26.4 Å². The van der Waals surface area contributed by atoms with E-state index in [9.17, 15) is 4.79 Å². The van der Waals surface area contributed by atoms with E-state index in [1.807, 2.05) is 31.2 Å². The lowest BCUT2D eigenvalue weighted by atomic mass is 10.0. The van der Waals surface area contributed by atoms with E-state index in [0.29, 0.717) is 26.4 Å². The molecule has 2 aliphatic rings. The lowest BCUT2D eigenvalue weighted by Crippen LogP contribution is -2.39. The van der Waals surface area contributed by atoms with E-state index in [1.54, 1.807) is 11.9 Å². The van der Waals surface area contributed by atoms with Crippen LogP contribution in [0.1, 0.15) is 28.3 Å². The smallest absolute Gasteiger partial charge is 0.318 e. The van der Waals surface area contributed by atoms with E-state index < -0.39 is 0 Å². The normalized spacial score (nSPS) is 17.1. The first-order valence-corrected chi connectivity index (χ1v) is 9.16. The van der Waals surface area contributed by atoms with Gasteiger partial charge in [-0.25, -0.2) is 4.79 Å². The molecule has 0 fully saturated rings. The molecular weight excluding hydrogens is 344 g/mol. The molecule has 1 N–H and O–H groups in total. The van der Waals surface area contributed by atoms with E-state index in [1.165, 1.54) is 5.56 Å². The number of rotatable bonds is 3. The van der Waals surface area contributed by atoms with Gasteiger partial charge in [0.05, 0.1) is 6.04 Å². The second kappa shape index (κ2) is 7.02. The van der Waals surface area contributed by atoms with Crippen LogP contribution >= 0.6 is 0 Å². The average Bonchev–Trinajstić information content (AvgIpc) is 3.08. The Balaban J connectivity index is 1.42. The fourth-order valence-electron chi connectivity index (χ4n) is 3.44. The minimum absolute atomic E-state index is 0.130. The fraction of sp³-hybridized carbons (Fsp3) is 0.381. The van der Waals surface area contributed by atoms with Crippen molar-refractivity contribution in [3.05, 3.63) is 52.6 Å². The van der Waals surface area contributed by atoms with Crippen LogP contribution in [0.25, 0.3) is 0 Å². The lowest BCUT2D eigenvalue weighted by molar-refractivity contribution is 0.171. The molecule has 1 atom stereocenters. The maximum absolute atomic E-state index is 12.7. The number of amides is 2. The number of carbonyl (C=O) groups is 1. The summed E-state index contributed by atoms with van der Waals surface area (Å²) in [5.74, 6) is 2.38. The van der Waals surface area contributed by atoms with E-state index in [0.717, 1.165) is 33.9 Å². The van der Waals surface area contributed by atoms with E-state index >= 15 is 0 Å². The summed E-state index contributed by atoms with van der Waals surface area (Å²) in [6.45, 7) is 6.17. The van der Waals surface area contributed by atoms with Gasteiger partial charge < -0.3 is 24.4 Å². The van der Waals surface area contributed by atoms with Crippen LogP contribution in [0.5, 0.6) is 17.2 Å². The van der Waals surface area contributed by atoms with Crippen LogP contribution in [0.15, 0.2) is 30.3 Å². The molecule has 0 aliphatic carbocycles. The predicted molar refractivity (Wildman–Crippen MR) is 102 cm³/mol. The number of hydrogen-bond donors (Lipinski definition) is 1. The topological polar surface area (TPSA) is 60.0 Å². The largest absolute Gasteiger partial charge is 0.490 e. The molecule has 0 spiro atoms. The SMILES string of the molecule is Cc1ccc2c(c1C)OCC2NC(=O)N(C)Cc1ccc2c(c1)OCCO2. The molecular formula is C21H24N2O4. The zero-order chi connectivity index (χ0) is 19.0. The quantitative estimate of drug-likeness (QED) is 0.903. The van der Waals surface area contributed by atoms with Gasteiger partial charge in [0.25, 0.3) is 0 Å². The molecule has 0 aromatic heterocycles. The van der Waals surface area contributed by atoms with Crippen LogP contribution in [-0.2, 0) is 6.54 Å². The standard InChI is InChI=1S/C21H24N2O4/c1-13-4-6-16-17(12-27-20(16)14(13)2)22-21(24)23(3)11-15-5-7-18-19(10-15)26-9-8-25-18/h4-7,10,17H,8-9,11-12H2,1-3H3,(H,22,24). The van der Waals surface area contributed by atoms with Gasteiger partial charge in [0.1, 0.15) is 25.6 Å². The van der Waals surface area contributed by atoms with Gasteiger partial charge in [-0.15, -0.1) is 0 Å². The highest BCUT2D eigenvalue weighted by atomic mass is 16.6. The highest BCUT2D eigenvalue weighted by Gasteiger charge is 2.28. The number of benzene rings is 2. The van der Waals surface area contributed by atoms with Crippen molar-refractivity contribution in [1.29, 1.82) is 0 Å². The zero-order valence-corrected chi connectivity index (χ0v) is 15.9. The van der Waals surface area contributed by atoms with Crippen molar-refractivity contribution in [1.82, 2.24) is 10.2 Å². The predicted octanol–water partition coefficient (Wildman–Crippen LogP) is 3.35. The van der Waals surface area contributed by atoms with Crippen LogP contribution in [0, 0.1) is 13.8 Å². The number of nitrogens with zero attached hydrogens (tertiary/aromatic N) is 1. The number of hydrogen-bond acceptors (Lipinski definition) is 4. The number of urea groups is 1. The third-order valence-electron chi connectivity index (χ3n) is 5.15. The number of nitrogens with one attached hydrogen (secondary N) is 1. The van der Waals surface area contributed by atoms with Gasteiger partial charge in [-0.3, -0.25) is 0 Å². The Bertz CT molecular complexity index is 881. The van der Waals surface area contributed by atoms with Gasteiger partial charge in [-0.05, 0) is 42.7 Å². The van der Waals surface area contributed by atoms with Crippen LogP contribution in [-0.4, -0.2) is 37.8 Å². The second-order valence-corrected chi connectivity index (χ2v) is 7.07. The Hall–Kier alpha value is -2.89. The molecule has 0 bridgehead atoms. The van der Waals surface area contributed by atoms with E-state index in [2.05, 4.69) is 18.3 Å². The number of fused-ring (bicyclic) bond motifs is 2. The van der Waals surface area contributed by atoms with Crippen LogP contribution in [0.4, 0.5) is 4.79 Å². The van der Waals surface area contributed by atoms with Crippen molar-refractivity contribution in [2.24, 2.45) is 0 Å². The van der Waals surface area contributed by atoms with Crippen molar-refractivity contribution in [2.75, 3.05) is 26.9 Å². The average molecular weight is 368 g/mol. The Morgan fingerprint density at radius 1 is 1.11 bits per heavy atom. The molecule has 2 amide bonds. The van der Waals surface area contributed by atoms with Gasteiger partial charge in [0.15, 0.2) is 11.5 Å². The molecule has 1 unspecified atom stereocenters. The Morgan fingerprint density at radius 2 is 1.89 bits per heavy atom. The molecule has 0 radical (unpaired) electrons. The molecule has 2 aromatic rings. The van der Waals surface area contributed by atoms with E-state index in [4.69, 9.17) is 14.2 Å². The first-order valence-electron chi connectivity index (χ1n) is 9.16. The Labute approximate surface area is 159 Å². The number of ether oxygens (including phenoxy) is 3. The van der Waals surface area contributed by atoms with Crippen molar-refractivity contribution in [3.63, 3.8) is 0 Å². The monoisotopic (exact) mass is 368 g/mol. The lowest BCUT2D eigenvalue weighted by Gasteiger charge is -2.22. The molecule has 2 heterocycles. The maximum atomic E-state index is 12.7. The molecule has 6 nitrogen and oxygen atoms in total. The Morgan fingerprint density at radius 3 is 2.70 bits per heavy atom. The summed E-state index contributed by atoms with van der Waals surface area (Å²) >= 11 is 0. The summed E-state index contributed by atoms with van der Waals surface area (Å²) < 4.78 is 17.0. The van der Waals surface area contributed by atoms with Crippen molar-refractivity contribution >= 4 is 6.03 Å². The molecule has 142 valence electrons. The minimum atomic E-state index is -0.135. The summed E-state index contributed by atoms with van der Waals surface area (Å²) in [4.78, 5) is 14.3. The molecule has 0 saturated carbocycles. The number of aryl methyl sites for hydroxylation is 1. The maximum Gasteiger partial charge on any atom is 0.318 e. The van der Waals surface area contributed by atoms with Gasteiger partial charge in [0.2, 0.25) is 0 Å². The third kappa shape index (κ3) is 3.39. The number of carbonyl (C=O) groups excluding carboxylic acids is 1. The highest BCUT2D eigenvalue weighted by molar-refractivity contribution is 5.75. The van der Waals surface area contributed by atoms with Gasteiger partial charge in [0, 0.05) is 19.2 Å². The summed E-state index contributed by atoms with van der Waals surface area (Å²) in [7, 11) is 1.78. The fourth-order valence-corrected chi connectivity index (χ4v) is 3.44. The van der Waals surface area contributed by atoms with Gasteiger partial charge in [-0.2, -0.15) is 0 Å². The minimum Gasteiger partial charge on any atom is -0.490 e. The molecule has 2 aliphatic heterocycles. The van der Waals surface area contributed by atoms with Crippen LogP contribution in [0.3, 0.4) is 0 Å². The molecule has 4 rings (SSSR count). The van der Waals surface area contributed by atoms with Crippen molar-refractivity contribution in [3.8, 4) is 17.2 Å². The van der Waals surface area contributed by atoms with Crippen molar-refractivity contribution < 1.29 is 19.0 Å². The molecule has 2 aromatic carbocycles. The highest BCUT2D eigenvalue weighted by Crippen LogP contribution is 2.36.